The van der Waals surface area contributed by atoms with E-state index in [-0.39, 0.29) is 18.0 Å². The number of carbonyl (C=O) groups is 1. The molecular formula is C26H29N5O. The van der Waals surface area contributed by atoms with E-state index in [1.165, 1.54) is 5.39 Å². The van der Waals surface area contributed by atoms with Crippen LogP contribution in [-0.4, -0.2) is 27.9 Å². The molecule has 32 heavy (non-hydrogen) atoms. The van der Waals surface area contributed by atoms with Crippen LogP contribution in [0.25, 0.3) is 21.7 Å². The summed E-state index contributed by atoms with van der Waals surface area (Å²) in [5.41, 5.74) is 8.88. The fourth-order valence-corrected chi connectivity index (χ4v) is 4.21. The largest absolute Gasteiger partial charge is 0.370 e. The van der Waals surface area contributed by atoms with Crippen molar-refractivity contribution in [2.75, 3.05) is 0 Å². The topological polar surface area (TPSA) is 98.0 Å². The molecule has 3 aromatic carbocycles. The molecule has 0 aliphatic rings. The number of para-hydroxylation sites is 1. The van der Waals surface area contributed by atoms with E-state index in [4.69, 9.17) is 11.1 Å². The third-order valence-electron chi connectivity index (χ3n) is 5.86. The number of benzene rings is 3. The lowest BCUT2D eigenvalue weighted by molar-refractivity contribution is -0.134. The number of aromatic nitrogens is 1. The van der Waals surface area contributed by atoms with Crippen molar-refractivity contribution in [2.24, 2.45) is 5.73 Å². The molecule has 1 unspecified atom stereocenters. The molecule has 0 fully saturated rings. The number of nitrogens with one attached hydrogen (secondary N) is 3. The summed E-state index contributed by atoms with van der Waals surface area (Å²) in [6.45, 7) is 2.44. The molecule has 1 heterocycles. The van der Waals surface area contributed by atoms with Gasteiger partial charge in [-0.15, -0.1) is 0 Å². The number of nitrogens with zero attached hydrogens (tertiary/aromatic N) is 1. The molecule has 1 atom stereocenters. The van der Waals surface area contributed by atoms with Gasteiger partial charge in [-0.05, 0) is 46.9 Å². The van der Waals surface area contributed by atoms with Crippen LogP contribution in [0.4, 0.5) is 0 Å². The minimum Gasteiger partial charge on any atom is -0.370 e. The van der Waals surface area contributed by atoms with E-state index in [0.29, 0.717) is 25.8 Å². The lowest BCUT2D eigenvalue weighted by Gasteiger charge is -2.32. The Kier molecular flexibility index (Phi) is 6.40. The fourth-order valence-electron chi connectivity index (χ4n) is 4.21. The van der Waals surface area contributed by atoms with Crippen LogP contribution >= 0.6 is 0 Å². The Morgan fingerprint density at radius 2 is 1.84 bits per heavy atom. The molecule has 0 saturated carbocycles. The number of hydrogen-bond donors (Lipinski definition) is 4. The van der Waals surface area contributed by atoms with Crippen LogP contribution < -0.4 is 11.1 Å². The molecule has 6 nitrogen and oxygen atoms in total. The molecular weight excluding hydrogens is 398 g/mol. The van der Waals surface area contributed by atoms with Crippen LogP contribution in [0.2, 0.25) is 0 Å². The van der Waals surface area contributed by atoms with Crippen molar-refractivity contribution >= 4 is 33.5 Å². The Balaban J connectivity index is 1.55. The van der Waals surface area contributed by atoms with Crippen LogP contribution in [0.3, 0.4) is 0 Å². The van der Waals surface area contributed by atoms with Gasteiger partial charge < -0.3 is 20.9 Å². The zero-order valence-electron chi connectivity index (χ0n) is 18.3. The van der Waals surface area contributed by atoms with E-state index >= 15 is 0 Å². The molecule has 6 heteroatoms. The summed E-state index contributed by atoms with van der Waals surface area (Å²) in [4.78, 5) is 18.5. The van der Waals surface area contributed by atoms with E-state index in [1.807, 2.05) is 43.5 Å². The van der Waals surface area contributed by atoms with Gasteiger partial charge in [-0.2, -0.15) is 0 Å². The maximum atomic E-state index is 13.4. The van der Waals surface area contributed by atoms with Crippen LogP contribution in [0.1, 0.15) is 30.9 Å². The smallest absolute Gasteiger partial charge is 0.224 e. The number of guanidine groups is 1. The first-order valence-corrected chi connectivity index (χ1v) is 11.0. The number of aromatic amines is 1. The summed E-state index contributed by atoms with van der Waals surface area (Å²) in [6, 6.07) is 22.6. The van der Waals surface area contributed by atoms with E-state index < -0.39 is 0 Å². The maximum absolute atomic E-state index is 13.4. The highest BCUT2D eigenvalue weighted by atomic mass is 16.2. The standard InChI is InChI=1S/C26H29N5O/c1-2-24(30-26(27)28)31(17-18-11-12-19-7-3-4-8-20(19)15-18)25(32)14-13-21-16-29-23-10-6-5-9-22(21)23/h3-12,15-16,24,29H,2,13-14,17H2,1H3,(H4,27,28,30). The highest BCUT2D eigenvalue weighted by Gasteiger charge is 2.23. The number of carbonyl (C=O) groups excluding carboxylic acids is 1. The maximum Gasteiger partial charge on any atom is 0.224 e. The molecule has 0 aliphatic carbocycles. The number of nitrogens with two attached hydrogens (primary N) is 1. The fraction of sp³-hybridized carbons (Fsp3) is 0.231. The third kappa shape index (κ3) is 4.75. The highest BCUT2D eigenvalue weighted by molar-refractivity contribution is 5.85. The van der Waals surface area contributed by atoms with Crippen molar-refractivity contribution in [1.82, 2.24) is 15.2 Å². The van der Waals surface area contributed by atoms with Gasteiger partial charge in [0.15, 0.2) is 5.96 Å². The lowest BCUT2D eigenvalue weighted by atomic mass is 10.1. The van der Waals surface area contributed by atoms with Crippen molar-refractivity contribution < 1.29 is 4.79 Å². The second-order valence-corrected chi connectivity index (χ2v) is 8.04. The zero-order chi connectivity index (χ0) is 22.5. The van der Waals surface area contributed by atoms with E-state index in [9.17, 15) is 4.79 Å². The molecule has 4 aromatic rings. The molecule has 0 saturated heterocycles. The average molecular weight is 428 g/mol. The Bertz CT molecular complexity index is 1250. The molecule has 0 bridgehead atoms. The Morgan fingerprint density at radius 1 is 1.09 bits per heavy atom. The average Bonchev–Trinajstić information content (AvgIpc) is 3.22. The molecule has 4 rings (SSSR count). The Labute approximate surface area is 187 Å². The van der Waals surface area contributed by atoms with Gasteiger partial charge in [-0.1, -0.05) is 61.5 Å². The summed E-state index contributed by atoms with van der Waals surface area (Å²) in [7, 11) is 0. The minimum absolute atomic E-state index is 0.0315. The number of amides is 1. The van der Waals surface area contributed by atoms with Crippen LogP contribution in [0.15, 0.2) is 72.9 Å². The Hall–Kier alpha value is -3.80. The molecule has 5 N–H and O–H groups in total. The van der Waals surface area contributed by atoms with Gasteiger partial charge >= 0.3 is 0 Å². The summed E-state index contributed by atoms with van der Waals surface area (Å²) >= 11 is 0. The van der Waals surface area contributed by atoms with Crippen molar-refractivity contribution in [1.29, 1.82) is 5.41 Å². The van der Waals surface area contributed by atoms with Gasteiger partial charge in [0.25, 0.3) is 0 Å². The van der Waals surface area contributed by atoms with Crippen LogP contribution in [0, 0.1) is 5.41 Å². The number of rotatable bonds is 8. The predicted molar refractivity (Wildman–Crippen MR) is 130 cm³/mol. The van der Waals surface area contributed by atoms with Crippen molar-refractivity contribution in [3.8, 4) is 0 Å². The van der Waals surface area contributed by atoms with Crippen LogP contribution in [0.5, 0.6) is 0 Å². The highest BCUT2D eigenvalue weighted by Crippen LogP contribution is 2.21. The normalized spacial score (nSPS) is 12.0. The third-order valence-corrected chi connectivity index (χ3v) is 5.86. The lowest BCUT2D eigenvalue weighted by Crippen LogP contribution is -2.52. The van der Waals surface area contributed by atoms with Crippen molar-refractivity contribution in [3.05, 3.63) is 84.1 Å². The first-order valence-electron chi connectivity index (χ1n) is 11.0. The Morgan fingerprint density at radius 3 is 2.62 bits per heavy atom. The molecule has 164 valence electrons. The first-order chi connectivity index (χ1) is 15.5. The van der Waals surface area contributed by atoms with Gasteiger partial charge in [-0.25, -0.2) is 0 Å². The van der Waals surface area contributed by atoms with Crippen molar-refractivity contribution in [3.63, 3.8) is 0 Å². The molecule has 1 aromatic heterocycles. The number of fused-ring (bicyclic) bond motifs is 2. The summed E-state index contributed by atoms with van der Waals surface area (Å²) < 4.78 is 0. The molecule has 0 radical (unpaired) electrons. The summed E-state index contributed by atoms with van der Waals surface area (Å²) in [6.07, 6.45) is 3.32. The number of hydrogen-bond acceptors (Lipinski definition) is 2. The molecule has 1 amide bonds. The van der Waals surface area contributed by atoms with E-state index in [2.05, 4.69) is 46.7 Å². The second-order valence-electron chi connectivity index (χ2n) is 8.04. The van der Waals surface area contributed by atoms with E-state index in [1.54, 1.807) is 4.90 Å². The van der Waals surface area contributed by atoms with Gasteiger partial charge in [0.05, 0.1) is 0 Å². The number of H-pyrrole nitrogens is 1. The van der Waals surface area contributed by atoms with E-state index in [0.717, 1.165) is 27.4 Å². The zero-order valence-corrected chi connectivity index (χ0v) is 18.3. The molecule has 0 spiro atoms. The first kappa shape index (κ1) is 21.4. The van der Waals surface area contributed by atoms with Gasteiger partial charge in [-0.3, -0.25) is 10.2 Å². The van der Waals surface area contributed by atoms with Gasteiger partial charge in [0.1, 0.15) is 6.17 Å². The van der Waals surface area contributed by atoms with Crippen LogP contribution in [-0.2, 0) is 17.8 Å². The summed E-state index contributed by atoms with van der Waals surface area (Å²) in [5, 5.41) is 14.1. The van der Waals surface area contributed by atoms with Crippen molar-refractivity contribution in [2.45, 2.75) is 38.9 Å². The number of aryl methyl sites for hydroxylation is 1. The monoisotopic (exact) mass is 427 g/mol. The predicted octanol–water partition coefficient (Wildman–Crippen LogP) is 4.50. The van der Waals surface area contributed by atoms with Gasteiger partial charge in [0, 0.05) is 30.1 Å². The van der Waals surface area contributed by atoms with Gasteiger partial charge in [0.2, 0.25) is 5.91 Å². The SMILES string of the molecule is CCC(NC(=N)N)N(Cc1ccc2ccccc2c1)C(=O)CCc1c[nH]c2ccccc12. The minimum atomic E-state index is -0.338. The quantitative estimate of drug-likeness (QED) is 0.189. The second kappa shape index (κ2) is 9.56. The molecule has 0 aliphatic heterocycles. The summed E-state index contributed by atoms with van der Waals surface area (Å²) in [5.74, 6) is -0.103.